The largest absolute Gasteiger partial charge is 0.390 e. The van der Waals surface area contributed by atoms with Gasteiger partial charge in [0.15, 0.2) is 6.29 Å². The maximum Gasteiger partial charge on any atom is 0.151 e. The number of hydrogen-bond acceptors (Lipinski definition) is 4. The maximum absolute atomic E-state index is 9.93. The molecule has 0 radical (unpaired) electrons. The van der Waals surface area contributed by atoms with Crippen molar-refractivity contribution in [3.8, 4) is 0 Å². The van der Waals surface area contributed by atoms with Crippen molar-refractivity contribution in [1.29, 1.82) is 0 Å². The zero-order chi connectivity index (χ0) is 8.85. The molecule has 4 nitrogen and oxygen atoms in total. The SMILES string of the molecule is CCCC(O)C(O)C(O)C=O. The van der Waals surface area contributed by atoms with E-state index in [1.54, 1.807) is 0 Å². The maximum atomic E-state index is 9.93. The smallest absolute Gasteiger partial charge is 0.151 e. The Hall–Kier alpha value is -0.450. The van der Waals surface area contributed by atoms with Gasteiger partial charge in [0.1, 0.15) is 12.2 Å². The summed E-state index contributed by atoms with van der Waals surface area (Å²) in [7, 11) is 0. The highest BCUT2D eigenvalue weighted by atomic mass is 16.4. The Kier molecular flexibility index (Phi) is 5.02. The number of carbonyl (C=O) groups excluding carboxylic acids is 1. The van der Waals surface area contributed by atoms with E-state index < -0.39 is 18.3 Å². The van der Waals surface area contributed by atoms with Crippen LogP contribution in [0.15, 0.2) is 0 Å². The minimum Gasteiger partial charge on any atom is -0.390 e. The van der Waals surface area contributed by atoms with Crippen LogP contribution >= 0.6 is 0 Å². The first-order valence-corrected chi connectivity index (χ1v) is 3.63. The zero-order valence-electron chi connectivity index (χ0n) is 6.47. The summed E-state index contributed by atoms with van der Waals surface area (Å²) < 4.78 is 0. The number of aliphatic hydroxyl groups is 3. The molecule has 0 saturated heterocycles. The molecule has 0 aliphatic rings. The van der Waals surface area contributed by atoms with Crippen LogP contribution in [0.4, 0.5) is 0 Å². The molecule has 0 saturated carbocycles. The lowest BCUT2D eigenvalue weighted by Crippen LogP contribution is -2.38. The van der Waals surface area contributed by atoms with Crippen LogP contribution in [0, 0.1) is 0 Å². The minimum absolute atomic E-state index is 0.212. The van der Waals surface area contributed by atoms with Crippen LogP contribution in [-0.4, -0.2) is 39.9 Å². The van der Waals surface area contributed by atoms with Gasteiger partial charge in [-0.25, -0.2) is 0 Å². The number of rotatable bonds is 5. The standard InChI is InChI=1S/C7H14O4/c1-2-3-5(9)7(11)6(10)4-8/h4-7,9-11H,2-3H2,1H3. The summed E-state index contributed by atoms with van der Waals surface area (Å²) in [6, 6.07) is 0. The number of carbonyl (C=O) groups is 1. The lowest BCUT2D eigenvalue weighted by atomic mass is 10.1. The zero-order valence-corrected chi connectivity index (χ0v) is 6.47. The third-order valence-electron chi connectivity index (χ3n) is 1.47. The van der Waals surface area contributed by atoms with Gasteiger partial charge in [0.05, 0.1) is 6.10 Å². The highest BCUT2D eigenvalue weighted by Crippen LogP contribution is 2.04. The molecule has 0 spiro atoms. The van der Waals surface area contributed by atoms with E-state index in [9.17, 15) is 4.79 Å². The van der Waals surface area contributed by atoms with Crippen LogP contribution in [0.3, 0.4) is 0 Å². The van der Waals surface area contributed by atoms with E-state index in [2.05, 4.69) is 0 Å². The van der Waals surface area contributed by atoms with Crippen LogP contribution in [0.1, 0.15) is 19.8 Å². The summed E-state index contributed by atoms with van der Waals surface area (Å²) >= 11 is 0. The summed E-state index contributed by atoms with van der Waals surface area (Å²) in [4.78, 5) is 9.93. The second-order valence-electron chi connectivity index (χ2n) is 2.47. The monoisotopic (exact) mass is 162 g/mol. The van der Waals surface area contributed by atoms with E-state index in [1.807, 2.05) is 6.92 Å². The van der Waals surface area contributed by atoms with Crippen LogP contribution in [0.2, 0.25) is 0 Å². The second-order valence-corrected chi connectivity index (χ2v) is 2.47. The normalized spacial score (nSPS) is 18.9. The fourth-order valence-electron chi connectivity index (χ4n) is 0.775. The Morgan fingerprint density at radius 2 is 1.91 bits per heavy atom. The Morgan fingerprint density at radius 3 is 2.27 bits per heavy atom. The molecule has 0 fully saturated rings. The molecular formula is C7H14O4. The van der Waals surface area contributed by atoms with E-state index in [-0.39, 0.29) is 6.29 Å². The van der Waals surface area contributed by atoms with Gasteiger partial charge in [-0.05, 0) is 6.42 Å². The molecule has 0 rings (SSSR count). The molecule has 0 aliphatic heterocycles. The van der Waals surface area contributed by atoms with Gasteiger partial charge in [0.2, 0.25) is 0 Å². The van der Waals surface area contributed by atoms with Gasteiger partial charge in [-0.2, -0.15) is 0 Å². The molecule has 66 valence electrons. The molecule has 0 aliphatic carbocycles. The molecule has 11 heavy (non-hydrogen) atoms. The summed E-state index contributed by atoms with van der Waals surface area (Å²) in [6.45, 7) is 1.84. The Morgan fingerprint density at radius 1 is 1.36 bits per heavy atom. The third-order valence-corrected chi connectivity index (χ3v) is 1.47. The van der Waals surface area contributed by atoms with E-state index in [4.69, 9.17) is 15.3 Å². The average molecular weight is 162 g/mol. The molecule has 0 bridgehead atoms. The number of aldehydes is 1. The fraction of sp³-hybridized carbons (Fsp3) is 0.857. The van der Waals surface area contributed by atoms with E-state index in [1.165, 1.54) is 0 Å². The van der Waals surface area contributed by atoms with E-state index in [0.717, 1.165) is 0 Å². The van der Waals surface area contributed by atoms with Crippen molar-refractivity contribution in [3.05, 3.63) is 0 Å². The molecule has 0 aromatic carbocycles. The molecule has 3 unspecified atom stereocenters. The highest BCUT2D eigenvalue weighted by molar-refractivity contribution is 5.56. The van der Waals surface area contributed by atoms with E-state index in [0.29, 0.717) is 12.8 Å². The van der Waals surface area contributed by atoms with Crippen molar-refractivity contribution in [3.63, 3.8) is 0 Å². The van der Waals surface area contributed by atoms with Crippen LogP contribution in [0.5, 0.6) is 0 Å². The van der Waals surface area contributed by atoms with Crippen molar-refractivity contribution in [2.45, 2.75) is 38.1 Å². The summed E-state index contributed by atoms with van der Waals surface area (Å²) in [5.74, 6) is 0. The van der Waals surface area contributed by atoms with Crippen molar-refractivity contribution in [2.24, 2.45) is 0 Å². The predicted octanol–water partition coefficient (Wildman–Crippen LogP) is -0.932. The molecule has 3 N–H and O–H groups in total. The second kappa shape index (κ2) is 5.23. The van der Waals surface area contributed by atoms with Crippen LogP contribution < -0.4 is 0 Å². The van der Waals surface area contributed by atoms with Crippen molar-refractivity contribution < 1.29 is 20.1 Å². The first kappa shape index (κ1) is 10.6. The van der Waals surface area contributed by atoms with Crippen LogP contribution in [0.25, 0.3) is 0 Å². The van der Waals surface area contributed by atoms with Crippen molar-refractivity contribution >= 4 is 6.29 Å². The summed E-state index contributed by atoms with van der Waals surface area (Å²) in [5, 5.41) is 26.8. The van der Waals surface area contributed by atoms with Crippen molar-refractivity contribution in [1.82, 2.24) is 0 Å². The van der Waals surface area contributed by atoms with Gasteiger partial charge in [0.25, 0.3) is 0 Å². The molecule has 0 aromatic rings. The van der Waals surface area contributed by atoms with Crippen molar-refractivity contribution in [2.75, 3.05) is 0 Å². The minimum atomic E-state index is -1.48. The third kappa shape index (κ3) is 3.46. The first-order chi connectivity index (χ1) is 5.13. The van der Waals surface area contributed by atoms with Gasteiger partial charge in [0, 0.05) is 0 Å². The lowest BCUT2D eigenvalue weighted by Gasteiger charge is -2.18. The van der Waals surface area contributed by atoms with Gasteiger partial charge >= 0.3 is 0 Å². The van der Waals surface area contributed by atoms with E-state index >= 15 is 0 Å². The Bertz CT molecular complexity index is 115. The number of aliphatic hydroxyl groups excluding tert-OH is 3. The number of hydrogen-bond donors (Lipinski definition) is 3. The van der Waals surface area contributed by atoms with Gasteiger partial charge in [-0.1, -0.05) is 13.3 Å². The van der Waals surface area contributed by atoms with Gasteiger partial charge in [-0.15, -0.1) is 0 Å². The van der Waals surface area contributed by atoms with Gasteiger partial charge < -0.3 is 20.1 Å². The predicted molar refractivity (Wildman–Crippen MR) is 39.0 cm³/mol. The first-order valence-electron chi connectivity index (χ1n) is 3.63. The molecule has 3 atom stereocenters. The van der Waals surface area contributed by atoms with Crippen LogP contribution in [-0.2, 0) is 4.79 Å². The molecule has 0 heterocycles. The highest BCUT2D eigenvalue weighted by Gasteiger charge is 2.22. The Balaban J connectivity index is 3.79. The Labute approximate surface area is 65.5 Å². The molecular weight excluding hydrogens is 148 g/mol. The molecule has 0 amide bonds. The average Bonchev–Trinajstić information content (AvgIpc) is 2.02. The summed E-state index contributed by atoms with van der Waals surface area (Å²) in [5.41, 5.74) is 0. The molecule has 0 aromatic heterocycles. The molecule has 4 heteroatoms. The van der Waals surface area contributed by atoms with Gasteiger partial charge in [-0.3, -0.25) is 0 Å². The topological polar surface area (TPSA) is 77.8 Å². The lowest BCUT2D eigenvalue weighted by molar-refractivity contribution is -0.126. The fourth-order valence-corrected chi connectivity index (χ4v) is 0.775. The quantitative estimate of drug-likeness (QED) is 0.456. The summed E-state index contributed by atoms with van der Waals surface area (Å²) in [6.07, 6.45) is -2.55.